The molecule has 0 saturated heterocycles. The highest BCUT2D eigenvalue weighted by molar-refractivity contribution is 7.93. The second-order valence-corrected chi connectivity index (χ2v) is 35.8. The number of aromatic nitrogens is 4. The van der Waals surface area contributed by atoms with E-state index in [2.05, 4.69) is 35.9 Å². The molecule has 4 aromatic heterocycles. The van der Waals surface area contributed by atoms with Gasteiger partial charge in [0, 0.05) is 68.4 Å². The Hall–Kier alpha value is -10.3. The van der Waals surface area contributed by atoms with Crippen LogP contribution in [0.3, 0.4) is 0 Å². The molecule has 0 aliphatic carbocycles. The second-order valence-electron chi connectivity index (χ2n) is 26.2. The number of benzene rings is 8. The number of carbonyl (C=O) groups is 3. The summed E-state index contributed by atoms with van der Waals surface area (Å²) in [4.78, 5) is 59.4. The number of nitrogens with zero attached hydrogens (tertiary/aromatic N) is 7. The van der Waals surface area contributed by atoms with Gasteiger partial charge in [-0.05, 0) is 197 Å². The van der Waals surface area contributed by atoms with Crippen molar-refractivity contribution in [3.8, 4) is 33.8 Å². The number of fused-ring (bicyclic) bond motifs is 3. The molecule has 3 aliphatic rings. The van der Waals surface area contributed by atoms with Crippen LogP contribution in [0.1, 0.15) is 70.3 Å². The molecule has 0 saturated carbocycles. The minimum absolute atomic E-state index is 0.106. The molecule has 0 fully saturated rings. The van der Waals surface area contributed by atoms with E-state index in [0.717, 1.165) is 104 Å². The van der Waals surface area contributed by atoms with Crippen LogP contribution < -0.4 is 28.9 Å². The maximum absolute atomic E-state index is 13.4. The first-order valence-electron chi connectivity index (χ1n) is 34.4. The minimum atomic E-state index is -3.64. The number of aryl methyl sites for hydroxylation is 7. The summed E-state index contributed by atoms with van der Waals surface area (Å²) in [7, 11) is -10.9. The molecule has 8 aromatic carbocycles. The normalized spacial score (nSPS) is 13.0. The van der Waals surface area contributed by atoms with Gasteiger partial charge in [-0.1, -0.05) is 126 Å². The van der Waals surface area contributed by atoms with E-state index in [1.54, 1.807) is 60.9 Å². The number of hydrogen-bond donors (Lipinski definition) is 3. The van der Waals surface area contributed by atoms with Crippen molar-refractivity contribution in [3.05, 3.63) is 276 Å². The molecule has 107 heavy (non-hydrogen) atoms. The van der Waals surface area contributed by atoms with Gasteiger partial charge in [0.05, 0.1) is 68.1 Å². The fraction of sp³-hybridized carbons (Fsp3) is 0.198. The van der Waals surface area contributed by atoms with E-state index in [1.807, 2.05) is 188 Å². The number of nitrogens with one attached hydrogen (secondary N) is 3. The molecule has 15 rings (SSSR count). The van der Waals surface area contributed by atoms with E-state index in [4.69, 9.17) is 11.6 Å². The van der Waals surface area contributed by atoms with Crippen LogP contribution in [0.2, 0.25) is 5.02 Å². The number of anilines is 6. The predicted octanol–water partition coefficient (Wildman–Crippen LogP) is 16.4. The Balaban J connectivity index is 0.000000142. The average molecular weight is 1560 g/mol. The van der Waals surface area contributed by atoms with Crippen LogP contribution in [0.4, 0.5) is 32.5 Å². The zero-order valence-electron chi connectivity index (χ0n) is 59.5. The smallest absolute Gasteiger partial charge is 0.264 e. The molecule has 3 amide bonds. The number of sulfonamides is 3. The summed E-state index contributed by atoms with van der Waals surface area (Å²) in [5, 5.41) is 11.0. The van der Waals surface area contributed by atoms with Crippen LogP contribution in [0.25, 0.3) is 33.8 Å². The predicted molar refractivity (Wildman–Crippen MR) is 429 cm³/mol. The first kappa shape index (κ1) is 75.0. The van der Waals surface area contributed by atoms with Gasteiger partial charge in [-0.3, -0.25) is 32.3 Å². The maximum atomic E-state index is 13.4. The average Bonchev–Trinajstić information content (AvgIpc) is 1.67. The summed E-state index contributed by atoms with van der Waals surface area (Å²) < 4.78 is 84.6. The lowest BCUT2D eigenvalue weighted by molar-refractivity contribution is -0.116. The Morgan fingerprint density at radius 2 is 0.692 bits per heavy atom. The topological polar surface area (TPSA) is 251 Å². The molecule has 19 nitrogen and oxygen atoms in total. The first-order chi connectivity index (χ1) is 51.3. The Morgan fingerprint density at radius 3 is 1.01 bits per heavy atom. The van der Waals surface area contributed by atoms with Gasteiger partial charge in [0.1, 0.15) is 0 Å². The van der Waals surface area contributed by atoms with E-state index in [1.165, 1.54) is 46.9 Å². The lowest BCUT2D eigenvalue weighted by Gasteiger charge is -2.21. The molecule has 3 N–H and O–H groups in total. The van der Waals surface area contributed by atoms with Gasteiger partial charge < -0.3 is 16.0 Å². The standard InChI is InChI=1S/C28H27N3O3S2.C27H24ClN3O3S2.C26H24N4O3S2/c1-18-8-10-21(11-9-18)16-26(32)29-28-30-27(20(3)35-28)23-12-13-24-22(17-23)14-15-31(24)36(33,34)25-7-5-4-6-19(25)2;1-17-5-3-4-6-24(17)36(33,34)31-14-13-20-16-21(9-12-23(20)31)26-18(2)35-27(30-26)29-25(32)15-19-7-10-22(28)11-8-19;1-17-5-3-4-6-23(17)35(32,33)30-14-11-20-16-21(7-8-22(20)30)25-18(2)34-26(29-25)28-24(31)15-19-9-12-27-13-10-19/h4-13,17H,14-16H2,1-3H3,(H,29,30,32);3-12,16H,13-15H2,1-2H3,(H,29,30,32);3-10,12-13,16H,11,14-15H2,1-2H3,(H,28,29,31). The molecule has 0 radical (unpaired) electrons. The molecule has 26 heteroatoms. The number of thiazole rings is 3. The van der Waals surface area contributed by atoms with Crippen molar-refractivity contribution in [2.45, 2.75) is 102 Å². The number of hydrogen-bond acceptors (Lipinski definition) is 16. The van der Waals surface area contributed by atoms with Gasteiger partial charge in [0.25, 0.3) is 30.1 Å². The number of rotatable bonds is 18. The summed E-state index contributed by atoms with van der Waals surface area (Å²) in [6.45, 7) is 14.6. The van der Waals surface area contributed by atoms with Crippen LogP contribution in [0, 0.1) is 48.5 Å². The molecule has 0 atom stereocenters. The molecular weight excluding hydrogens is 1480 g/mol. The van der Waals surface area contributed by atoms with Crippen LogP contribution in [0.15, 0.2) is 215 Å². The molecular formula is C81H75ClN10O9S6. The fourth-order valence-corrected chi connectivity index (χ4v) is 21.1. The molecule has 7 heterocycles. The zero-order valence-corrected chi connectivity index (χ0v) is 65.2. The summed E-state index contributed by atoms with van der Waals surface area (Å²) in [5.74, 6) is -0.392. The van der Waals surface area contributed by atoms with Crippen molar-refractivity contribution in [1.82, 2.24) is 19.9 Å². The van der Waals surface area contributed by atoms with E-state index in [0.29, 0.717) is 91.1 Å². The van der Waals surface area contributed by atoms with Crippen molar-refractivity contribution in [3.63, 3.8) is 0 Å². The highest BCUT2D eigenvalue weighted by Gasteiger charge is 2.36. The number of amides is 3. The van der Waals surface area contributed by atoms with Crippen LogP contribution in [-0.2, 0) is 83.0 Å². The van der Waals surface area contributed by atoms with E-state index >= 15 is 0 Å². The van der Waals surface area contributed by atoms with E-state index < -0.39 is 30.1 Å². The van der Waals surface area contributed by atoms with Crippen LogP contribution >= 0.6 is 45.6 Å². The lowest BCUT2D eigenvalue weighted by Crippen LogP contribution is -2.29. The summed E-state index contributed by atoms with van der Waals surface area (Å²) in [5.41, 5.74) is 16.2. The van der Waals surface area contributed by atoms with Crippen molar-refractivity contribution in [2.75, 3.05) is 48.5 Å². The van der Waals surface area contributed by atoms with Crippen molar-refractivity contribution >= 4 is 126 Å². The van der Waals surface area contributed by atoms with Gasteiger partial charge in [-0.25, -0.2) is 40.2 Å². The SMILES string of the molecule is Cc1ccc(CC(=O)Nc2nc(-c3ccc4c(c3)CCN4S(=O)(=O)c3ccccc3C)c(C)s2)cc1.Cc1ccccc1S(=O)(=O)N1CCc2cc(-c3nc(NC(=O)Cc4ccc(Cl)cc4)sc3C)ccc21.Cc1ccccc1S(=O)(=O)N1CCc2cc(-c3nc(NC(=O)Cc4ccncc4)sc3C)ccc21. The summed E-state index contributed by atoms with van der Waals surface area (Å²) in [6.07, 6.45) is 5.99. The number of pyridine rings is 1. The van der Waals surface area contributed by atoms with Gasteiger partial charge >= 0.3 is 0 Å². The number of carbonyl (C=O) groups excluding carboxylic acids is 3. The maximum Gasteiger partial charge on any atom is 0.264 e. The Kier molecular flexibility index (Phi) is 22.2. The number of halogens is 1. The largest absolute Gasteiger partial charge is 0.302 e. The molecule has 12 aromatic rings. The van der Waals surface area contributed by atoms with Crippen LogP contribution in [0.5, 0.6) is 0 Å². The Morgan fingerprint density at radius 1 is 0.393 bits per heavy atom. The molecule has 3 aliphatic heterocycles. The minimum Gasteiger partial charge on any atom is -0.302 e. The van der Waals surface area contributed by atoms with Crippen molar-refractivity contribution in [2.24, 2.45) is 0 Å². The third-order valence-electron chi connectivity index (χ3n) is 18.6. The van der Waals surface area contributed by atoms with Gasteiger partial charge in [0.2, 0.25) is 17.7 Å². The molecule has 546 valence electrons. The molecule has 0 bridgehead atoms. The summed E-state index contributed by atoms with van der Waals surface area (Å²) >= 11 is 10.2. The quantitative estimate of drug-likeness (QED) is 0.0724. The highest BCUT2D eigenvalue weighted by Crippen LogP contribution is 2.43. The first-order valence-corrected chi connectivity index (χ1v) is 41.6. The van der Waals surface area contributed by atoms with Gasteiger partial charge in [0.15, 0.2) is 15.4 Å². The fourth-order valence-electron chi connectivity index (χ4n) is 13.2. The van der Waals surface area contributed by atoms with Crippen molar-refractivity contribution in [1.29, 1.82) is 0 Å². The second kappa shape index (κ2) is 31.7. The lowest BCUT2D eigenvalue weighted by atomic mass is 10.1. The third kappa shape index (κ3) is 16.7. The Labute approximate surface area is 640 Å². The molecule has 0 spiro atoms. The Bertz CT molecular complexity index is 5520. The van der Waals surface area contributed by atoms with E-state index in [9.17, 15) is 39.6 Å². The third-order valence-corrected chi connectivity index (χ3v) is 27.4. The van der Waals surface area contributed by atoms with Gasteiger partial charge in [-0.15, -0.1) is 34.0 Å². The molecule has 0 unspecified atom stereocenters. The van der Waals surface area contributed by atoms with Crippen molar-refractivity contribution < 1.29 is 39.6 Å². The van der Waals surface area contributed by atoms with Gasteiger partial charge in [-0.2, -0.15) is 0 Å². The van der Waals surface area contributed by atoms with Crippen LogP contribution in [-0.4, -0.2) is 82.5 Å². The highest BCUT2D eigenvalue weighted by atomic mass is 35.5. The summed E-state index contributed by atoms with van der Waals surface area (Å²) in [6, 6.07) is 57.2. The van der Waals surface area contributed by atoms with E-state index in [-0.39, 0.29) is 37.0 Å². The monoisotopic (exact) mass is 1560 g/mol. The zero-order chi connectivity index (χ0) is 75.5.